The molecule has 1 aromatic heterocycles. The molecule has 3 rings (SSSR count). The molecule has 2 heterocycles. The van der Waals surface area contributed by atoms with Gasteiger partial charge < -0.3 is 29.8 Å². The second-order valence-electron chi connectivity index (χ2n) is 9.25. The van der Waals surface area contributed by atoms with E-state index < -0.39 is 47.5 Å². The number of nitrogens with zero attached hydrogens (tertiary/aromatic N) is 2. The van der Waals surface area contributed by atoms with Gasteiger partial charge in [-0.3, -0.25) is 19.4 Å². The number of carbonyl (C=O) groups excluding carboxylic acids is 3. The Morgan fingerprint density at radius 3 is 2.54 bits per heavy atom. The van der Waals surface area contributed by atoms with E-state index in [1.165, 1.54) is 61.3 Å². The first-order chi connectivity index (χ1) is 18.3. The van der Waals surface area contributed by atoms with Gasteiger partial charge in [-0.1, -0.05) is 16.0 Å². The Hall–Kier alpha value is -3.40. The van der Waals surface area contributed by atoms with Crippen LogP contribution in [0.3, 0.4) is 0 Å². The first-order valence-electron chi connectivity index (χ1n) is 12.2. The third kappa shape index (κ3) is 8.81. The number of aromatic nitrogens is 1. The van der Waals surface area contributed by atoms with Crippen LogP contribution < -0.4 is 14.8 Å². The van der Waals surface area contributed by atoms with Gasteiger partial charge in [-0.2, -0.15) is 8.42 Å². The smallest absolute Gasteiger partial charge is 0.426 e. The third-order valence-corrected chi connectivity index (χ3v) is 6.69. The van der Waals surface area contributed by atoms with E-state index in [4.69, 9.17) is 0 Å². The number of likely N-dealkylation sites (tertiary alicyclic amines) is 1. The van der Waals surface area contributed by atoms with Gasteiger partial charge in [0.1, 0.15) is 17.6 Å². The molecule has 0 saturated carbocycles. The molecule has 3 atom stereocenters. The molecular weight excluding hydrogens is 534 g/mol. The number of Topliss-reactive ketones (excluding diaryl/α,β-unsaturated/α-hetero) is 1. The normalized spacial score (nSPS) is 16.8. The summed E-state index contributed by atoms with van der Waals surface area (Å²) in [5.74, 6) is -2.00. The number of rotatable bonds is 12. The number of hydrogen-bond donors (Lipinski definition) is 4. The molecule has 0 bridgehead atoms. The Morgan fingerprint density at radius 2 is 1.92 bits per heavy atom. The minimum Gasteiger partial charge on any atom is -0.426 e. The Morgan fingerprint density at radius 1 is 1.23 bits per heavy atom. The zero-order valence-corrected chi connectivity index (χ0v) is 22.2. The van der Waals surface area contributed by atoms with Gasteiger partial charge in [-0.05, 0) is 62.9 Å². The Labute approximate surface area is 226 Å². The zero-order valence-electron chi connectivity index (χ0n) is 21.4. The van der Waals surface area contributed by atoms with Crippen LogP contribution in [0, 0.1) is 0 Å². The molecule has 2 amide bonds. The lowest BCUT2D eigenvalue weighted by Gasteiger charge is -2.27. The maximum Gasteiger partial charge on any atom is 0.488 e. The molecule has 3 unspecified atom stereocenters. The number of pyridine rings is 1. The first-order valence-corrected chi connectivity index (χ1v) is 13.5. The average Bonchev–Trinajstić information content (AvgIpc) is 3.36. The number of nitrogens with one attached hydrogen (secondary N) is 2. The molecule has 1 fully saturated rings. The highest BCUT2D eigenvalue weighted by molar-refractivity contribution is 7.81. The van der Waals surface area contributed by atoms with Crippen molar-refractivity contribution in [2.45, 2.75) is 57.7 Å². The molecule has 0 radical (unpaired) electrons. The van der Waals surface area contributed by atoms with Crippen LogP contribution in [0.2, 0.25) is 0 Å². The highest BCUT2D eigenvalue weighted by atomic mass is 32.3. The van der Waals surface area contributed by atoms with Crippen LogP contribution in [0.4, 0.5) is 3.89 Å². The second kappa shape index (κ2) is 13.1. The summed E-state index contributed by atoms with van der Waals surface area (Å²) in [6, 6.07) is 7.05. The van der Waals surface area contributed by atoms with E-state index in [2.05, 4.69) is 19.8 Å². The summed E-state index contributed by atoms with van der Waals surface area (Å²) in [5.41, 5.74) is 1.38. The van der Waals surface area contributed by atoms with Gasteiger partial charge in [0.05, 0.1) is 17.7 Å². The van der Waals surface area contributed by atoms with E-state index in [0.717, 1.165) is 0 Å². The highest BCUT2D eigenvalue weighted by Gasteiger charge is 2.38. The fraction of sp³-hybridized carbons (Fsp3) is 0.417. The summed E-state index contributed by atoms with van der Waals surface area (Å²) in [4.78, 5) is 43.3. The first kappa shape index (κ1) is 30.2. The van der Waals surface area contributed by atoms with E-state index >= 15 is 0 Å². The van der Waals surface area contributed by atoms with Crippen LogP contribution in [0.15, 0.2) is 42.6 Å². The fourth-order valence-electron chi connectivity index (χ4n) is 4.30. The maximum absolute atomic E-state index is 12.8. The van der Waals surface area contributed by atoms with Gasteiger partial charge in [0, 0.05) is 24.8 Å². The quantitative estimate of drug-likeness (QED) is 0.204. The van der Waals surface area contributed by atoms with Crippen LogP contribution in [0.5, 0.6) is 5.75 Å². The predicted molar refractivity (Wildman–Crippen MR) is 138 cm³/mol. The lowest BCUT2D eigenvalue weighted by Crippen LogP contribution is -2.52. The molecule has 1 aliphatic heterocycles. The summed E-state index contributed by atoms with van der Waals surface area (Å²) in [6.07, 6.45) is 2.78. The Bertz CT molecular complexity index is 1300. The van der Waals surface area contributed by atoms with Crippen molar-refractivity contribution in [3.05, 3.63) is 59.4 Å². The topological polar surface area (TPSA) is 175 Å². The standard InChI is InChI=1S/C24H30BFN4O8S/c1-15(24(33)30-11-3-4-22(30)25(34)35)29-23(32)18-9-10-27-19(13-18)14-28-21(16(2)31)12-17-5-7-20(8-6-17)38-39(26,36)37/h5-10,13,15,21-22,28,34-35H,3-4,11-12,14H2,1-2H3,(H,29,32). The van der Waals surface area contributed by atoms with E-state index in [-0.39, 0.29) is 30.1 Å². The zero-order chi connectivity index (χ0) is 28.7. The van der Waals surface area contributed by atoms with E-state index in [1.807, 2.05) is 0 Å². The summed E-state index contributed by atoms with van der Waals surface area (Å²) < 4.78 is 38.0. The number of benzene rings is 1. The molecule has 0 aliphatic carbocycles. The van der Waals surface area contributed by atoms with Crippen molar-refractivity contribution in [3.63, 3.8) is 0 Å². The molecule has 15 heteroatoms. The van der Waals surface area contributed by atoms with Gasteiger partial charge in [-0.25, -0.2) is 0 Å². The number of halogens is 1. The minimum atomic E-state index is -5.13. The maximum atomic E-state index is 12.8. The lowest BCUT2D eigenvalue weighted by molar-refractivity contribution is -0.132. The van der Waals surface area contributed by atoms with Gasteiger partial charge in [0.2, 0.25) is 5.91 Å². The second-order valence-corrected chi connectivity index (χ2v) is 10.2. The van der Waals surface area contributed by atoms with Crippen LogP contribution in [-0.2, 0) is 33.1 Å². The third-order valence-electron chi connectivity index (χ3n) is 6.30. The summed E-state index contributed by atoms with van der Waals surface area (Å²) in [6.45, 7) is 3.45. The predicted octanol–water partition coefficient (Wildman–Crippen LogP) is 0.0859. The van der Waals surface area contributed by atoms with Gasteiger partial charge in [0.15, 0.2) is 0 Å². The molecule has 4 N–H and O–H groups in total. The van der Waals surface area contributed by atoms with Crippen molar-refractivity contribution in [1.29, 1.82) is 0 Å². The van der Waals surface area contributed by atoms with Crippen LogP contribution >= 0.6 is 0 Å². The van der Waals surface area contributed by atoms with Crippen LogP contribution in [0.1, 0.15) is 48.3 Å². The number of carbonyl (C=O) groups is 3. The van der Waals surface area contributed by atoms with E-state index in [1.54, 1.807) is 0 Å². The van der Waals surface area contributed by atoms with Crippen LogP contribution in [-0.4, -0.2) is 77.6 Å². The molecule has 2 aromatic rings. The molecule has 39 heavy (non-hydrogen) atoms. The van der Waals surface area contributed by atoms with Crippen molar-refractivity contribution in [3.8, 4) is 5.75 Å². The van der Waals surface area contributed by atoms with E-state index in [9.17, 15) is 36.7 Å². The van der Waals surface area contributed by atoms with Gasteiger partial charge in [-0.15, -0.1) is 0 Å². The lowest BCUT2D eigenvalue weighted by atomic mass is 9.78. The van der Waals surface area contributed by atoms with Crippen LogP contribution in [0.25, 0.3) is 0 Å². The van der Waals surface area contributed by atoms with Crippen molar-refractivity contribution in [1.82, 2.24) is 20.5 Å². The molecule has 1 aromatic carbocycles. The average molecular weight is 564 g/mol. The fourth-order valence-corrected chi connectivity index (χ4v) is 4.64. The molecule has 1 aliphatic rings. The van der Waals surface area contributed by atoms with Gasteiger partial charge >= 0.3 is 17.6 Å². The molecule has 210 valence electrons. The summed E-state index contributed by atoms with van der Waals surface area (Å²) in [7, 11) is -6.79. The minimum absolute atomic E-state index is 0.144. The summed E-state index contributed by atoms with van der Waals surface area (Å²) >= 11 is 0. The Kier molecular flexibility index (Phi) is 10.1. The van der Waals surface area contributed by atoms with Crippen molar-refractivity contribution >= 4 is 35.2 Å². The van der Waals surface area contributed by atoms with Crippen molar-refractivity contribution < 1.29 is 40.9 Å². The molecule has 0 spiro atoms. The monoisotopic (exact) mass is 564 g/mol. The van der Waals surface area contributed by atoms with Crippen molar-refractivity contribution in [2.75, 3.05) is 6.54 Å². The summed E-state index contributed by atoms with van der Waals surface area (Å²) in [5, 5.41) is 24.7. The molecule has 12 nitrogen and oxygen atoms in total. The Balaban J connectivity index is 1.58. The van der Waals surface area contributed by atoms with Gasteiger partial charge in [0.25, 0.3) is 5.91 Å². The SMILES string of the molecule is CC(=O)C(Cc1ccc(OS(=O)(=O)F)cc1)NCc1cc(C(=O)NC(C)C(=O)N2CCCC2B(O)O)ccn1. The van der Waals surface area contributed by atoms with Crippen molar-refractivity contribution in [2.24, 2.45) is 0 Å². The molecule has 1 saturated heterocycles. The highest BCUT2D eigenvalue weighted by Crippen LogP contribution is 2.19. The number of amides is 2. The molecular formula is C24H30BFN4O8S. The largest absolute Gasteiger partial charge is 0.488 e. The number of hydrogen-bond acceptors (Lipinski definition) is 10. The van der Waals surface area contributed by atoms with E-state index in [0.29, 0.717) is 30.6 Å². The number of ketones is 1.